The molecule has 6 heteroatoms. The SMILES string of the molecule is COc1ccc(C(=O)Oc2cccc(C=NNC(=O)c3ccccc3C)c2)cc1. The summed E-state index contributed by atoms with van der Waals surface area (Å²) >= 11 is 0. The summed E-state index contributed by atoms with van der Waals surface area (Å²) in [5, 5.41) is 3.98. The Bertz CT molecular complexity index is 1040. The standard InChI is InChI=1S/C23H20N2O4/c1-16-6-3-4-9-21(16)22(26)25-24-15-17-7-5-8-20(14-17)29-23(27)18-10-12-19(28-2)13-11-18/h3-15H,1-2H3,(H,25,26). The van der Waals surface area contributed by atoms with Crippen LogP contribution in [0, 0.1) is 6.92 Å². The highest BCUT2D eigenvalue weighted by Gasteiger charge is 2.09. The van der Waals surface area contributed by atoms with Gasteiger partial charge in [-0.25, -0.2) is 10.2 Å². The van der Waals surface area contributed by atoms with Gasteiger partial charge in [-0.05, 0) is 60.5 Å². The van der Waals surface area contributed by atoms with Gasteiger partial charge in [0.2, 0.25) is 0 Å². The highest BCUT2D eigenvalue weighted by Crippen LogP contribution is 2.16. The van der Waals surface area contributed by atoms with Crippen LogP contribution in [0.4, 0.5) is 0 Å². The highest BCUT2D eigenvalue weighted by molar-refractivity contribution is 5.96. The van der Waals surface area contributed by atoms with Gasteiger partial charge in [-0.1, -0.05) is 30.3 Å². The zero-order valence-electron chi connectivity index (χ0n) is 16.1. The van der Waals surface area contributed by atoms with Crippen LogP contribution >= 0.6 is 0 Å². The van der Waals surface area contributed by atoms with Crippen LogP contribution in [0.25, 0.3) is 0 Å². The summed E-state index contributed by atoms with van der Waals surface area (Å²) in [5.74, 6) is 0.267. The molecule has 3 aromatic carbocycles. The Kier molecular flexibility index (Phi) is 6.37. The van der Waals surface area contributed by atoms with E-state index in [1.165, 1.54) is 6.21 Å². The number of aryl methyl sites for hydroxylation is 1. The summed E-state index contributed by atoms with van der Waals surface area (Å²) in [6, 6.07) is 20.8. The summed E-state index contributed by atoms with van der Waals surface area (Å²) in [7, 11) is 1.56. The van der Waals surface area contributed by atoms with Gasteiger partial charge in [0.25, 0.3) is 5.91 Å². The molecule has 1 amide bonds. The Morgan fingerprint density at radius 1 is 0.931 bits per heavy atom. The molecule has 146 valence electrons. The Balaban J connectivity index is 1.63. The normalized spacial score (nSPS) is 10.6. The molecule has 0 aromatic heterocycles. The first kappa shape index (κ1) is 19.8. The maximum atomic E-state index is 12.3. The monoisotopic (exact) mass is 388 g/mol. The zero-order chi connectivity index (χ0) is 20.6. The summed E-state index contributed by atoms with van der Waals surface area (Å²) in [4.78, 5) is 24.4. The van der Waals surface area contributed by atoms with Crippen molar-refractivity contribution in [3.8, 4) is 11.5 Å². The molecular weight excluding hydrogens is 368 g/mol. The van der Waals surface area contributed by atoms with Crippen molar-refractivity contribution in [1.82, 2.24) is 5.43 Å². The van der Waals surface area contributed by atoms with Gasteiger partial charge in [-0.15, -0.1) is 0 Å². The number of amides is 1. The van der Waals surface area contributed by atoms with Crippen molar-refractivity contribution in [3.05, 3.63) is 95.1 Å². The van der Waals surface area contributed by atoms with Crippen LogP contribution in [0.5, 0.6) is 11.5 Å². The first-order valence-corrected chi connectivity index (χ1v) is 8.92. The number of nitrogens with one attached hydrogen (secondary N) is 1. The number of ether oxygens (including phenoxy) is 2. The van der Waals surface area contributed by atoms with Gasteiger partial charge in [0.1, 0.15) is 11.5 Å². The molecule has 0 atom stereocenters. The summed E-state index contributed by atoms with van der Waals surface area (Å²) in [6.45, 7) is 1.86. The summed E-state index contributed by atoms with van der Waals surface area (Å²) in [5.41, 5.74) is 5.01. The fraction of sp³-hybridized carbons (Fsp3) is 0.0870. The largest absolute Gasteiger partial charge is 0.497 e. The zero-order valence-corrected chi connectivity index (χ0v) is 16.1. The molecule has 3 aromatic rings. The van der Waals surface area contributed by atoms with Crippen molar-refractivity contribution in [3.63, 3.8) is 0 Å². The van der Waals surface area contributed by atoms with Crippen LogP contribution in [0.1, 0.15) is 31.8 Å². The van der Waals surface area contributed by atoms with Crippen molar-refractivity contribution in [2.24, 2.45) is 5.10 Å². The number of esters is 1. The van der Waals surface area contributed by atoms with Gasteiger partial charge in [0.05, 0.1) is 18.9 Å². The predicted molar refractivity (Wildman–Crippen MR) is 111 cm³/mol. The first-order chi connectivity index (χ1) is 14.1. The van der Waals surface area contributed by atoms with Crippen LogP contribution in [0.15, 0.2) is 77.9 Å². The lowest BCUT2D eigenvalue weighted by Gasteiger charge is -2.06. The topological polar surface area (TPSA) is 77.0 Å². The number of carbonyl (C=O) groups excluding carboxylic acids is 2. The minimum atomic E-state index is -0.477. The van der Waals surface area contributed by atoms with Crippen molar-refractivity contribution in [2.45, 2.75) is 6.92 Å². The lowest BCUT2D eigenvalue weighted by molar-refractivity contribution is 0.0734. The van der Waals surface area contributed by atoms with Crippen molar-refractivity contribution >= 4 is 18.1 Å². The van der Waals surface area contributed by atoms with Crippen molar-refractivity contribution < 1.29 is 19.1 Å². The smallest absolute Gasteiger partial charge is 0.343 e. The second kappa shape index (κ2) is 9.32. The van der Waals surface area contributed by atoms with Crippen molar-refractivity contribution in [1.29, 1.82) is 0 Å². The van der Waals surface area contributed by atoms with E-state index < -0.39 is 5.97 Å². The van der Waals surface area contributed by atoms with Gasteiger partial charge in [0.15, 0.2) is 0 Å². The highest BCUT2D eigenvalue weighted by atomic mass is 16.5. The van der Waals surface area contributed by atoms with E-state index in [1.807, 2.05) is 19.1 Å². The summed E-state index contributed by atoms with van der Waals surface area (Å²) < 4.78 is 10.5. The Morgan fingerprint density at radius 2 is 1.69 bits per heavy atom. The minimum absolute atomic E-state index is 0.290. The Labute approximate surface area is 168 Å². The van der Waals surface area contributed by atoms with E-state index in [0.717, 1.165) is 5.56 Å². The average molecular weight is 388 g/mol. The number of nitrogens with zero attached hydrogens (tertiary/aromatic N) is 1. The van der Waals surface area contributed by atoms with E-state index in [4.69, 9.17) is 9.47 Å². The maximum Gasteiger partial charge on any atom is 0.343 e. The van der Waals surface area contributed by atoms with E-state index in [1.54, 1.807) is 67.8 Å². The van der Waals surface area contributed by atoms with Gasteiger partial charge in [0, 0.05) is 5.56 Å². The molecule has 0 aliphatic rings. The molecule has 0 aliphatic heterocycles. The molecule has 0 saturated heterocycles. The molecule has 6 nitrogen and oxygen atoms in total. The number of hydrazone groups is 1. The number of hydrogen-bond acceptors (Lipinski definition) is 5. The van der Waals surface area contributed by atoms with E-state index >= 15 is 0 Å². The van der Waals surface area contributed by atoms with Crippen LogP contribution < -0.4 is 14.9 Å². The summed E-state index contributed by atoms with van der Waals surface area (Å²) in [6.07, 6.45) is 1.49. The predicted octanol–water partition coefficient (Wildman–Crippen LogP) is 3.99. The number of rotatable bonds is 6. The second-order valence-corrected chi connectivity index (χ2v) is 6.20. The number of carbonyl (C=O) groups is 2. The van der Waals surface area contributed by atoms with E-state index in [-0.39, 0.29) is 5.91 Å². The van der Waals surface area contributed by atoms with E-state index in [0.29, 0.717) is 28.2 Å². The molecule has 0 unspecified atom stereocenters. The molecule has 0 heterocycles. The van der Waals surface area contributed by atoms with E-state index in [9.17, 15) is 9.59 Å². The molecule has 1 N–H and O–H groups in total. The fourth-order valence-electron chi connectivity index (χ4n) is 2.60. The number of methoxy groups -OCH3 is 1. The maximum absolute atomic E-state index is 12.3. The molecule has 0 aliphatic carbocycles. The Hall–Kier alpha value is -3.93. The van der Waals surface area contributed by atoms with Crippen molar-refractivity contribution in [2.75, 3.05) is 7.11 Å². The molecule has 3 rings (SSSR count). The second-order valence-electron chi connectivity index (χ2n) is 6.20. The van der Waals surface area contributed by atoms with E-state index in [2.05, 4.69) is 10.5 Å². The Morgan fingerprint density at radius 3 is 2.41 bits per heavy atom. The molecule has 0 spiro atoms. The quantitative estimate of drug-likeness (QED) is 0.300. The van der Waals surface area contributed by atoms with Gasteiger partial charge in [-0.2, -0.15) is 5.10 Å². The molecule has 0 saturated carbocycles. The van der Waals surface area contributed by atoms with Crippen LogP contribution in [-0.4, -0.2) is 25.2 Å². The number of benzene rings is 3. The third kappa shape index (κ3) is 5.29. The van der Waals surface area contributed by atoms with Crippen LogP contribution in [-0.2, 0) is 0 Å². The molecule has 29 heavy (non-hydrogen) atoms. The first-order valence-electron chi connectivity index (χ1n) is 8.92. The molecule has 0 radical (unpaired) electrons. The fourth-order valence-corrected chi connectivity index (χ4v) is 2.60. The van der Waals surface area contributed by atoms with Crippen LogP contribution in [0.2, 0.25) is 0 Å². The van der Waals surface area contributed by atoms with Crippen LogP contribution in [0.3, 0.4) is 0 Å². The molecule has 0 bridgehead atoms. The third-order valence-corrected chi connectivity index (χ3v) is 4.16. The lowest BCUT2D eigenvalue weighted by Crippen LogP contribution is -2.18. The van der Waals surface area contributed by atoms with Gasteiger partial charge in [-0.3, -0.25) is 4.79 Å². The third-order valence-electron chi connectivity index (χ3n) is 4.16. The van der Waals surface area contributed by atoms with Gasteiger partial charge >= 0.3 is 5.97 Å². The molecular formula is C23H20N2O4. The lowest BCUT2D eigenvalue weighted by atomic mass is 10.1. The number of hydrogen-bond donors (Lipinski definition) is 1. The average Bonchev–Trinajstić information content (AvgIpc) is 2.74. The van der Waals surface area contributed by atoms with Gasteiger partial charge < -0.3 is 9.47 Å². The minimum Gasteiger partial charge on any atom is -0.497 e. The molecule has 0 fully saturated rings.